The van der Waals surface area contributed by atoms with Crippen molar-refractivity contribution in [2.45, 2.75) is 43.5 Å². The molecule has 4 N–H and O–H groups in total. The first-order valence-corrected chi connectivity index (χ1v) is 10.6. The van der Waals surface area contributed by atoms with E-state index in [2.05, 4.69) is 20.3 Å². The van der Waals surface area contributed by atoms with Crippen LogP contribution in [-0.4, -0.2) is 69.9 Å². The minimum atomic E-state index is -0.776. The SMILES string of the molecule is COc1ccc(C[C@H](N)C(=O)N[C@H]2CC[C@@H](n3cnc4c(N(C)C)ncnc43)[C@@H]2O)cc1. The van der Waals surface area contributed by atoms with Gasteiger partial charge in [-0.1, -0.05) is 12.1 Å². The highest BCUT2D eigenvalue weighted by atomic mass is 16.5. The molecule has 10 nitrogen and oxygen atoms in total. The number of carbonyl (C=O) groups excluding carboxylic acids is 1. The zero-order chi connectivity index (χ0) is 22.8. The van der Waals surface area contributed by atoms with Gasteiger partial charge in [0.2, 0.25) is 5.91 Å². The molecule has 2 heterocycles. The van der Waals surface area contributed by atoms with Crippen molar-refractivity contribution < 1.29 is 14.6 Å². The Morgan fingerprint density at radius 3 is 2.72 bits per heavy atom. The molecule has 0 saturated heterocycles. The van der Waals surface area contributed by atoms with Gasteiger partial charge in [-0.25, -0.2) is 15.0 Å². The molecule has 1 amide bonds. The van der Waals surface area contributed by atoms with Crippen LogP contribution in [0, 0.1) is 0 Å². The van der Waals surface area contributed by atoms with E-state index in [1.807, 2.05) is 47.8 Å². The summed E-state index contributed by atoms with van der Waals surface area (Å²) in [6.07, 6.45) is 4.12. The van der Waals surface area contributed by atoms with E-state index in [1.165, 1.54) is 6.33 Å². The lowest BCUT2D eigenvalue weighted by atomic mass is 10.0. The van der Waals surface area contributed by atoms with Crippen molar-refractivity contribution in [3.8, 4) is 5.75 Å². The number of hydrogen-bond donors (Lipinski definition) is 3. The summed E-state index contributed by atoms with van der Waals surface area (Å²) in [5.41, 5.74) is 8.42. The van der Waals surface area contributed by atoms with Crippen LogP contribution in [-0.2, 0) is 11.2 Å². The third-order valence-electron chi connectivity index (χ3n) is 5.98. The number of aromatic nitrogens is 4. The van der Waals surface area contributed by atoms with Crippen molar-refractivity contribution >= 4 is 22.9 Å². The molecule has 0 radical (unpaired) electrons. The van der Waals surface area contributed by atoms with Gasteiger partial charge in [0.05, 0.1) is 37.7 Å². The lowest BCUT2D eigenvalue weighted by Gasteiger charge is -2.23. The molecule has 1 aliphatic rings. The van der Waals surface area contributed by atoms with Gasteiger partial charge in [0, 0.05) is 14.1 Å². The Hall–Kier alpha value is -3.24. The van der Waals surface area contributed by atoms with Gasteiger partial charge in [-0.3, -0.25) is 4.79 Å². The van der Waals surface area contributed by atoms with Gasteiger partial charge in [0.25, 0.3) is 0 Å². The molecule has 4 atom stereocenters. The first kappa shape index (κ1) is 22.0. The summed E-state index contributed by atoms with van der Waals surface area (Å²) in [4.78, 5) is 27.7. The lowest BCUT2D eigenvalue weighted by Crippen LogP contribution is -2.49. The molecule has 1 aromatic carbocycles. The predicted octanol–water partition coefficient (Wildman–Crippen LogP) is 0.652. The van der Waals surface area contributed by atoms with Crippen molar-refractivity contribution in [1.82, 2.24) is 24.8 Å². The average Bonchev–Trinajstić information content (AvgIpc) is 3.37. The number of nitrogens with zero attached hydrogens (tertiary/aromatic N) is 5. The molecule has 170 valence electrons. The van der Waals surface area contributed by atoms with E-state index in [0.717, 1.165) is 17.1 Å². The van der Waals surface area contributed by atoms with Gasteiger partial charge in [-0.15, -0.1) is 0 Å². The van der Waals surface area contributed by atoms with Crippen LogP contribution in [0.4, 0.5) is 5.82 Å². The molecule has 4 rings (SSSR count). The smallest absolute Gasteiger partial charge is 0.237 e. The van der Waals surface area contributed by atoms with E-state index in [4.69, 9.17) is 10.5 Å². The summed E-state index contributed by atoms with van der Waals surface area (Å²) in [5.74, 6) is 1.19. The van der Waals surface area contributed by atoms with Crippen molar-refractivity contribution in [3.05, 3.63) is 42.5 Å². The number of methoxy groups -OCH3 is 1. The first-order valence-electron chi connectivity index (χ1n) is 10.6. The number of aliphatic hydroxyl groups excluding tert-OH is 1. The van der Waals surface area contributed by atoms with Crippen LogP contribution in [0.15, 0.2) is 36.9 Å². The summed E-state index contributed by atoms with van der Waals surface area (Å²) >= 11 is 0. The number of aliphatic hydroxyl groups is 1. The molecule has 3 aromatic rings. The second-order valence-corrected chi connectivity index (χ2v) is 8.32. The number of nitrogens with one attached hydrogen (secondary N) is 1. The van der Waals surface area contributed by atoms with Gasteiger partial charge in [0.15, 0.2) is 17.0 Å². The maximum Gasteiger partial charge on any atom is 0.237 e. The van der Waals surface area contributed by atoms with Crippen molar-refractivity contribution in [3.63, 3.8) is 0 Å². The third-order valence-corrected chi connectivity index (χ3v) is 5.98. The highest BCUT2D eigenvalue weighted by molar-refractivity contribution is 5.83. The van der Waals surface area contributed by atoms with Gasteiger partial charge in [-0.2, -0.15) is 0 Å². The number of ether oxygens (including phenoxy) is 1. The van der Waals surface area contributed by atoms with Crippen LogP contribution in [0.2, 0.25) is 0 Å². The van der Waals surface area contributed by atoms with Crippen LogP contribution in [0.3, 0.4) is 0 Å². The Balaban J connectivity index is 1.42. The summed E-state index contributed by atoms with van der Waals surface area (Å²) < 4.78 is 7.03. The Kier molecular flexibility index (Phi) is 6.24. The second kappa shape index (κ2) is 9.09. The summed E-state index contributed by atoms with van der Waals surface area (Å²) in [6.45, 7) is 0. The van der Waals surface area contributed by atoms with E-state index in [0.29, 0.717) is 30.4 Å². The maximum absolute atomic E-state index is 12.7. The summed E-state index contributed by atoms with van der Waals surface area (Å²) in [6, 6.07) is 6.12. The van der Waals surface area contributed by atoms with Gasteiger partial charge >= 0.3 is 0 Å². The van der Waals surface area contributed by atoms with Crippen molar-refractivity contribution in [1.29, 1.82) is 0 Å². The molecular formula is C22H29N7O3. The molecule has 32 heavy (non-hydrogen) atoms. The summed E-state index contributed by atoms with van der Waals surface area (Å²) in [5, 5.41) is 13.9. The van der Waals surface area contributed by atoms with Gasteiger partial charge in [-0.05, 0) is 37.0 Å². The number of nitrogens with two attached hydrogens (primary N) is 1. The number of hydrogen-bond acceptors (Lipinski definition) is 8. The molecule has 1 aliphatic carbocycles. The number of rotatable bonds is 7. The monoisotopic (exact) mass is 439 g/mol. The minimum Gasteiger partial charge on any atom is -0.497 e. The Bertz CT molecular complexity index is 1080. The van der Waals surface area contributed by atoms with E-state index >= 15 is 0 Å². The normalized spacial score (nSPS) is 21.5. The third kappa shape index (κ3) is 4.23. The molecule has 1 fully saturated rings. The lowest BCUT2D eigenvalue weighted by molar-refractivity contribution is -0.123. The molecule has 2 aromatic heterocycles. The largest absolute Gasteiger partial charge is 0.497 e. The van der Waals surface area contributed by atoms with E-state index < -0.39 is 12.1 Å². The number of carbonyl (C=O) groups is 1. The van der Waals surface area contributed by atoms with Crippen molar-refractivity contribution in [2.75, 3.05) is 26.1 Å². The van der Waals surface area contributed by atoms with Crippen molar-refractivity contribution in [2.24, 2.45) is 5.73 Å². The molecule has 1 saturated carbocycles. The maximum atomic E-state index is 12.7. The number of benzene rings is 1. The summed E-state index contributed by atoms with van der Waals surface area (Å²) in [7, 11) is 5.40. The predicted molar refractivity (Wildman–Crippen MR) is 121 cm³/mol. The van der Waals surface area contributed by atoms with Crippen LogP contribution in [0.1, 0.15) is 24.4 Å². The first-order chi connectivity index (χ1) is 15.4. The van der Waals surface area contributed by atoms with Gasteiger partial charge in [0.1, 0.15) is 12.1 Å². The average molecular weight is 440 g/mol. The van der Waals surface area contributed by atoms with E-state index in [9.17, 15) is 9.90 Å². The zero-order valence-electron chi connectivity index (χ0n) is 18.5. The minimum absolute atomic E-state index is 0.243. The second-order valence-electron chi connectivity index (χ2n) is 8.32. The fraction of sp³-hybridized carbons (Fsp3) is 0.455. The molecular weight excluding hydrogens is 410 g/mol. The Labute approximate surface area is 186 Å². The Morgan fingerprint density at radius 2 is 2.03 bits per heavy atom. The van der Waals surface area contributed by atoms with Crippen LogP contribution < -0.4 is 20.7 Å². The van der Waals surface area contributed by atoms with E-state index in [1.54, 1.807) is 13.4 Å². The highest BCUT2D eigenvalue weighted by Gasteiger charge is 2.38. The molecule has 0 spiro atoms. The van der Waals surface area contributed by atoms with Crippen LogP contribution in [0.25, 0.3) is 11.2 Å². The topological polar surface area (TPSA) is 131 Å². The standard InChI is InChI=1S/C22H29N7O3/c1-28(2)20-18-21(25-11-24-20)29(12-26-18)17-9-8-16(19(17)30)27-22(31)15(23)10-13-4-6-14(32-3)7-5-13/h4-7,11-12,15-17,19,30H,8-10,23H2,1-3H3,(H,27,31)/t15-,16-,17+,19+/m0/s1. The molecule has 0 aliphatic heterocycles. The van der Waals surface area contributed by atoms with Crippen LogP contribution in [0.5, 0.6) is 5.75 Å². The number of anilines is 1. The fourth-order valence-electron chi connectivity index (χ4n) is 4.23. The van der Waals surface area contributed by atoms with Crippen LogP contribution >= 0.6 is 0 Å². The fourth-order valence-corrected chi connectivity index (χ4v) is 4.23. The van der Waals surface area contributed by atoms with E-state index in [-0.39, 0.29) is 18.0 Å². The molecule has 10 heteroatoms. The zero-order valence-corrected chi connectivity index (χ0v) is 18.5. The molecule has 0 unspecified atom stereocenters. The highest BCUT2D eigenvalue weighted by Crippen LogP contribution is 2.33. The molecule has 0 bridgehead atoms. The quantitative estimate of drug-likeness (QED) is 0.489. The number of amides is 1. The Morgan fingerprint density at radius 1 is 1.28 bits per heavy atom. The van der Waals surface area contributed by atoms with Gasteiger partial charge < -0.3 is 30.4 Å². The number of imidazole rings is 1. The number of fused-ring (bicyclic) bond motifs is 1.